The van der Waals surface area contributed by atoms with Gasteiger partial charge in [-0.1, -0.05) is 6.07 Å². The lowest BCUT2D eigenvalue weighted by atomic mass is 9.95. The highest BCUT2D eigenvalue weighted by atomic mass is 16.5. The second-order valence-corrected chi connectivity index (χ2v) is 7.42. The summed E-state index contributed by atoms with van der Waals surface area (Å²) in [5, 5.41) is 2.86. The second-order valence-electron chi connectivity index (χ2n) is 7.42. The van der Waals surface area contributed by atoms with E-state index in [1.165, 1.54) is 0 Å². The molecule has 3 heterocycles. The molecule has 2 saturated heterocycles. The van der Waals surface area contributed by atoms with Crippen molar-refractivity contribution < 1.29 is 14.3 Å². The summed E-state index contributed by atoms with van der Waals surface area (Å²) in [4.78, 5) is 33.5. The molecule has 2 aliphatic heterocycles. The van der Waals surface area contributed by atoms with Crippen molar-refractivity contribution in [3.63, 3.8) is 0 Å². The van der Waals surface area contributed by atoms with Crippen molar-refractivity contribution >= 4 is 23.3 Å². The van der Waals surface area contributed by atoms with E-state index in [1.807, 2.05) is 41.3 Å². The van der Waals surface area contributed by atoms with Gasteiger partial charge in [0.1, 0.15) is 5.82 Å². The monoisotopic (exact) mass is 394 g/mol. The first-order valence-electron chi connectivity index (χ1n) is 10.1. The number of piperidine rings is 1. The number of nitrogens with one attached hydrogen (secondary N) is 1. The van der Waals surface area contributed by atoms with E-state index in [1.54, 1.807) is 12.3 Å². The molecule has 2 fully saturated rings. The van der Waals surface area contributed by atoms with E-state index in [0.29, 0.717) is 37.3 Å². The number of likely N-dealkylation sites (tertiary alicyclic amines) is 1. The molecule has 4 rings (SSSR count). The van der Waals surface area contributed by atoms with Crippen LogP contribution in [0.4, 0.5) is 11.5 Å². The number of benzene rings is 1. The Morgan fingerprint density at radius 3 is 2.34 bits per heavy atom. The Morgan fingerprint density at radius 2 is 1.69 bits per heavy atom. The summed E-state index contributed by atoms with van der Waals surface area (Å²) in [5.74, 6) is 0.480. The molecule has 0 aliphatic carbocycles. The summed E-state index contributed by atoms with van der Waals surface area (Å²) in [5.41, 5.74) is 1.81. The molecule has 0 unspecified atom stereocenters. The summed E-state index contributed by atoms with van der Waals surface area (Å²) in [7, 11) is 0. The zero-order chi connectivity index (χ0) is 20.1. The van der Waals surface area contributed by atoms with E-state index in [2.05, 4.69) is 15.2 Å². The zero-order valence-electron chi connectivity index (χ0n) is 16.4. The maximum absolute atomic E-state index is 12.8. The minimum atomic E-state index is -0.0928. The summed E-state index contributed by atoms with van der Waals surface area (Å²) < 4.78 is 5.39. The van der Waals surface area contributed by atoms with Crippen LogP contribution in [0, 0.1) is 5.92 Å². The van der Waals surface area contributed by atoms with E-state index in [4.69, 9.17) is 4.74 Å². The third-order valence-corrected chi connectivity index (χ3v) is 5.56. The van der Waals surface area contributed by atoms with Gasteiger partial charge in [0, 0.05) is 49.5 Å². The molecule has 7 heteroatoms. The van der Waals surface area contributed by atoms with E-state index in [9.17, 15) is 9.59 Å². The number of carbonyl (C=O) groups excluding carboxylic acids is 2. The van der Waals surface area contributed by atoms with Crippen LogP contribution in [0.25, 0.3) is 0 Å². The minimum Gasteiger partial charge on any atom is -0.378 e. The van der Waals surface area contributed by atoms with Gasteiger partial charge in [0.25, 0.3) is 5.91 Å². The molecule has 0 saturated carbocycles. The number of hydrogen-bond donors (Lipinski definition) is 1. The average molecular weight is 394 g/mol. The predicted molar refractivity (Wildman–Crippen MR) is 111 cm³/mol. The van der Waals surface area contributed by atoms with E-state index < -0.39 is 0 Å². The fourth-order valence-corrected chi connectivity index (χ4v) is 3.83. The largest absolute Gasteiger partial charge is 0.378 e. The number of morpholine rings is 1. The molecule has 1 N–H and O–H groups in total. The van der Waals surface area contributed by atoms with E-state index in [-0.39, 0.29) is 17.7 Å². The van der Waals surface area contributed by atoms with Crippen molar-refractivity contribution in [2.75, 3.05) is 49.6 Å². The molecule has 0 radical (unpaired) electrons. The molecule has 0 spiro atoms. The van der Waals surface area contributed by atoms with Gasteiger partial charge in [0.05, 0.1) is 13.2 Å². The van der Waals surface area contributed by atoms with Crippen LogP contribution in [0.5, 0.6) is 0 Å². The second kappa shape index (κ2) is 9.05. The van der Waals surface area contributed by atoms with Crippen molar-refractivity contribution in [2.45, 2.75) is 12.8 Å². The molecule has 152 valence electrons. The molecule has 1 aromatic carbocycles. The highest BCUT2D eigenvalue weighted by molar-refractivity contribution is 5.95. The highest BCUT2D eigenvalue weighted by Crippen LogP contribution is 2.22. The Hall–Kier alpha value is -2.93. The van der Waals surface area contributed by atoms with Crippen LogP contribution in [0.1, 0.15) is 23.2 Å². The first-order chi connectivity index (χ1) is 14.2. The lowest BCUT2D eigenvalue weighted by Gasteiger charge is -2.32. The first-order valence-corrected chi connectivity index (χ1v) is 10.1. The van der Waals surface area contributed by atoms with E-state index >= 15 is 0 Å². The number of pyridine rings is 1. The lowest BCUT2D eigenvalue weighted by molar-refractivity contribution is -0.121. The topological polar surface area (TPSA) is 74.8 Å². The number of ether oxygens (including phenoxy) is 1. The van der Waals surface area contributed by atoms with Crippen molar-refractivity contribution in [3.05, 3.63) is 54.2 Å². The van der Waals surface area contributed by atoms with Gasteiger partial charge in [-0.05, 0) is 49.2 Å². The summed E-state index contributed by atoms with van der Waals surface area (Å²) in [6.07, 6.45) is 2.98. The van der Waals surface area contributed by atoms with Crippen molar-refractivity contribution in [3.8, 4) is 0 Å². The van der Waals surface area contributed by atoms with Crippen molar-refractivity contribution in [1.82, 2.24) is 9.88 Å². The van der Waals surface area contributed by atoms with Crippen LogP contribution in [-0.2, 0) is 9.53 Å². The van der Waals surface area contributed by atoms with Gasteiger partial charge in [0.2, 0.25) is 5.91 Å². The number of nitrogens with zero attached hydrogens (tertiary/aromatic N) is 3. The van der Waals surface area contributed by atoms with Gasteiger partial charge in [0.15, 0.2) is 0 Å². The van der Waals surface area contributed by atoms with Crippen LogP contribution in [0.2, 0.25) is 0 Å². The number of hydrogen-bond acceptors (Lipinski definition) is 5. The van der Waals surface area contributed by atoms with Crippen LogP contribution < -0.4 is 10.2 Å². The van der Waals surface area contributed by atoms with Gasteiger partial charge in [-0.25, -0.2) is 4.98 Å². The third kappa shape index (κ3) is 4.74. The molecule has 2 aromatic rings. The van der Waals surface area contributed by atoms with Crippen LogP contribution >= 0.6 is 0 Å². The van der Waals surface area contributed by atoms with Crippen molar-refractivity contribution in [1.29, 1.82) is 0 Å². The Balaban J connectivity index is 1.30. The van der Waals surface area contributed by atoms with Gasteiger partial charge in [-0.3, -0.25) is 9.59 Å². The molecule has 0 bridgehead atoms. The number of carbonyl (C=O) groups is 2. The summed E-state index contributed by atoms with van der Waals surface area (Å²) in [6.45, 7) is 4.41. The summed E-state index contributed by atoms with van der Waals surface area (Å²) >= 11 is 0. The Morgan fingerprint density at radius 1 is 0.966 bits per heavy atom. The molecule has 29 heavy (non-hydrogen) atoms. The minimum absolute atomic E-state index is 0.0225. The molecule has 2 aliphatic rings. The smallest absolute Gasteiger partial charge is 0.253 e. The van der Waals surface area contributed by atoms with Gasteiger partial charge < -0.3 is 19.9 Å². The fraction of sp³-hybridized carbons (Fsp3) is 0.409. The molecule has 0 atom stereocenters. The lowest BCUT2D eigenvalue weighted by Crippen LogP contribution is -2.41. The standard InChI is InChI=1S/C22H26N4O3/c27-21(24-20-3-1-2-10-23-20)17-8-11-26(12-9-17)22(28)18-4-6-19(7-5-18)25-13-15-29-16-14-25/h1-7,10,17H,8-9,11-16H2,(H,23,24,27). The highest BCUT2D eigenvalue weighted by Gasteiger charge is 2.28. The van der Waals surface area contributed by atoms with Crippen LogP contribution in [-0.4, -0.2) is 61.1 Å². The first kappa shape index (κ1) is 19.4. The summed E-state index contributed by atoms with van der Waals surface area (Å²) in [6, 6.07) is 13.2. The predicted octanol–water partition coefficient (Wildman–Crippen LogP) is 2.41. The van der Waals surface area contributed by atoms with Gasteiger partial charge in [-0.2, -0.15) is 0 Å². The number of amides is 2. The quantitative estimate of drug-likeness (QED) is 0.862. The Kier molecular flexibility index (Phi) is 6.05. The average Bonchev–Trinajstić information content (AvgIpc) is 2.80. The van der Waals surface area contributed by atoms with E-state index in [0.717, 1.165) is 32.0 Å². The molecular weight excluding hydrogens is 368 g/mol. The maximum atomic E-state index is 12.8. The number of rotatable bonds is 4. The van der Waals surface area contributed by atoms with Crippen molar-refractivity contribution in [2.24, 2.45) is 5.92 Å². The normalized spacial score (nSPS) is 17.8. The number of anilines is 2. The van der Waals surface area contributed by atoms with Crippen LogP contribution in [0.15, 0.2) is 48.7 Å². The fourth-order valence-electron chi connectivity index (χ4n) is 3.83. The Labute approximate surface area is 170 Å². The molecule has 7 nitrogen and oxygen atoms in total. The van der Waals surface area contributed by atoms with Gasteiger partial charge >= 0.3 is 0 Å². The van der Waals surface area contributed by atoms with Gasteiger partial charge in [-0.15, -0.1) is 0 Å². The number of aromatic nitrogens is 1. The zero-order valence-corrected chi connectivity index (χ0v) is 16.4. The molecule has 1 aromatic heterocycles. The SMILES string of the molecule is O=C(Nc1ccccn1)C1CCN(C(=O)c2ccc(N3CCOCC3)cc2)CC1. The maximum Gasteiger partial charge on any atom is 0.253 e. The Bertz CT molecular complexity index is 827. The van der Waals surface area contributed by atoms with Crippen LogP contribution in [0.3, 0.4) is 0 Å². The molecular formula is C22H26N4O3. The third-order valence-electron chi connectivity index (χ3n) is 5.56. The molecule has 2 amide bonds.